The third-order valence-electron chi connectivity index (χ3n) is 2.83. The molecule has 0 aliphatic heterocycles. The van der Waals surface area contributed by atoms with E-state index >= 15 is 0 Å². The number of aromatic amines is 1. The van der Waals surface area contributed by atoms with Gasteiger partial charge in [-0.2, -0.15) is 0 Å². The molecule has 0 amide bonds. The molecule has 0 spiro atoms. The maximum atomic E-state index is 11.8. The Bertz CT molecular complexity index is 625. The smallest absolute Gasteiger partial charge is 0.326 e. The Morgan fingerprint density at radius 3 is 3.05 bits per heavy atom. The normalized spacial score (nSPS) is 11.9. The third-order valence-corrected chi connectivity index (χ3v) is 2.83. The number of H-pyrrole nitrogens is 1. The van der Waals surface area contributed by atoms with E-state index in [4.69, 9.17) is 5.73 Å². The van der Waals surface area contributed by atoms with Crippen LogP contribution in [0, 0.1) is 0 Å². The Morgan fingerprint density at radius 2 is 2.26 bits per heavy atom. The first kappa shape index (κ1) is 13.2. The average molecular weight is 261 g/mol. The van der Waals surface area contributed by atoms with Crippen molar-refractivity contribution in [1.82, 2.24) is 14.9 Å². The molecule has 0 radical (unpaired) electrons. The van der Waals surface area contributed by atoms with Crippen LogP contribution in [0.25, 0.3) is 11.0 Å². The molecule has 0 fully saturated rings. The molecule has 2 rings (SSSR count). The van der Waals surface area contributed by atoms with E-state index in [9.17, 15) is 4.79 Å². The summed E-state index contributed by atoms with van der Waals surface area (Å²) in [5, 5.41) is 3.00. The first-order chi connectivity index (χ1) is 9.22. The van der Waals surface area contributed by atoms with Gasteiger partial charge in [0.15, 0.2) is 5.96 Å². The summed E-state index contributed by atoms with van der Waals surface area (Å²) in [5.41, 5.74) is 7.34. The molecule has 6 heteroatoms. The number of para-hydroxylation sites is 2. The molecule has 0 aliphatic carbocycles. The number of aliphatic imine (C=N–C) groups is 1. The summed E-state index contributed by atoms with van der Waals surface area (Å²) in [7, 11) is 0. The van der Waals surface area contributed by atoms with E-state index in [0.717, 1.165) is 17.5 Å². The van der Waals surface area contributed by atoms with Crippen LogP contribution in [0.5, 0.6) is 0 Å². The van der Waals surface area contributed by atoms with Crippen molar-refractivity contribution in [2.24, 2.45) is 10.7 Å². The molecule has 1 aromatic heterocycles. The molecule has 0 saturated carbocycles. The maximum absolute atomic E-state index is 11.8. The SMILES string of the molecule is CCCN=C(N)NCCn1c(=O)[nH]c2ccccc21. The predicted octanol–water partition coefficient (Wildman–Crippen LogP) is 0.644. The van der Waals surface area contributed by atoms with Gasteiger partial charge in [-0.3, -0.25) is 9.56 Å². The third kappa shape index (κ3) is 3.15. The molecule has 102 valence electrons. The molecule has 2 aromatic rings. The van der Waals surface area contributed by atoms with Crippen molar-refractivity contribution in [1.29, 1.82) is 0 Å². The topological polar surface area (TPSA) is 88.2 Å². The van der Waals surface area contributed by atoms with Gasteiger partial charge < -0.3 is 16.0 Å². The first-order valence-corrected chi connectivity index (χ1v) is 6.43. The van der Waals surface area contributed by atoms with Crippen molar-refractivity contribution in [3.63, 3.8) is 0 Å². The summed E-state index contributed by atoms with van der Waals surface area (Å²) in [6.45, 7) is 3.88. The number of benzene rings is 1. The van der Waals surface area contributed by atoms with Gasteiger partial charge in [-0.15, -0.1) is 0 Å². The fourth-order valence-corrected chi connectivity index (χ4v) is 1.91. The first-order valence-electron chi connectivity index (χ1n) is 6.43. The molecule has 19 heavy (non-hydrogen) atoms. The van der Waals surface area contributed by atoms with Crippen LogP contribution in [-0.4, -0.2) is 28.6 Å². The average Bonchev–Trinajstić information content (AvgIpc) is 2.73. The van der Waals surface area contributed by atoms with Crippen molar-refractivity contribution in [2.75, 3.05) is 13.1 Å². The van der Waals surface area contributed by atoms with Crippen LogP contribution >= 0.6 is 0 Å². The minimum Gasteiger partial charge on any atom is -0.370 e. The van der Waals surface area contributed by atoms with Gasteiger partial charge in [0.2, 0.25) is 0 Å². The molecule has 0 unspecified atom stereocenters. The summed E-state index contributed by atoms with van der Waals surface area (Å²) >= 11 is 0. The molecular formula is C13H19N5O. The van der Waals surface area contributed by atoms with E-state index in [0.29, 0.717) is 25.6 Å². The molecule has 0 atom stereocenters. The predicted molar refractivity (Wildman–Crippen MR) is 77.3 cm³/mol. The van der Waals surface area contributed by atoms with Crippen molar-refractivity contribution < 1.29 is 0 Å². The number of guanidine groups is 1. The van der Waals surface area contributed by atoms with Gasteiger partial charge in [-0.25, -0.2) is 4.79 Å². The highest BCUT2D eigenvalue weighted by molar-refractivity contribution is 5.78. The second kappa shape index (κ2) is 6.08. The van der Waals surface area contributed by atoms with Gasteiger partial charge in [0.1, 0.15) is 0 Å². The number of aromatic nitrogens is 2. The lowest BCUT2D eigenvalue weighted by Gasteiger charge is -2.06. The van der Waals surface area contributed by atoms with Crippen LogP contribution in [0.2, 0.25) is 0 Å². The summed E-state index contributed by atoms with van der Waals surface area (Å²) in [4.78, 5) is 18.8. The van der Waals surface area contributed by atoms with Gasteiger partial charge in [-0.05, 0) is 18.6 Å². The number of nitrogens with one attached hydrogen (secondary N) is 2. The van der Waals surface area contributed by atoms with Crippen LogP contribution in [0.15, 0.2) is 34.1 Å². The number of nitrogens with two attached hydrogens (primary N) is 1. The second-order valence-electron chi connectivity index (χ2n) is 4.29. The van der Waals surface area contributed by atoms with Gasteiger partial charge in [-0.1, -0.05) is 19.1 Å². The minimum absolute atomic E-state index is 0.105. The Morgan fingerprint density at radius 1 is 1.47 bits per heavy atom. The zero-order valence-electron chi connectivity index (χ0n) is 11.0. The highest BCUT2D eigenvalue weighted by atomic mass is 16.1. The summed E-state index contributed by atoms with van der Waals surface area (Å²) in [6, 6.07) is 7.62. The van der Waals surface area contributed by atoms with Crippen LogP contribution < -0.4 is 16.7 Å². The quantitative estimate of drug-likeness (QED) is 0.545. The van der Waals surface area contributed by atoms with E-state index < -0.39 is 0 Å². The van der Waals surface area contributed by atoms with E-state index in [-0.39, 0.29) is 5.69 Å². The van der Waals surface area contributed by atoms with Gasteiger partial charge >= 0.3 is 5.69 Å². The Labute approximate surface area is 111 Å². The second-order valence-corrected chi connectivity index (χ2v) is 4.29. The standard InChI is InChI=1S/C13H19N5O/c1-2-7-15-12(14)16-8-9-18-11-6-4-3-5-10(11)17-13(18)19/h3-6H,2,7-9H2,1H3,(H,17,19)(H3,14,15,16). The monoisotopic (exact) mass is 261 g/mol. The summed E-state index contributed by atoms with van der Waals surface area (Å²) in [6.07, 6.45) is 0.963. The molecular weight excluding hydrogens is 242 g/mol. The Hall–Kier alpha value is -2.24. The van der Waals surface area contributed by atoms with Crippen LogP contribution in [-0.2, 0) is 6.54 Å². The molecule has 4 N–H and O–H groups in total. The molecule has 1 heterocycles. The van der Waals surface area contributed by atoms with E-state index in [1.807, 2.05) is 31.2 Å². The Balaban J connectivity index is 2.02. The molecule has 6 nitrogen and oxygen atoms in total. The van der Waals surface area contributed by atoms with Gasteiger partial charge in [0, 0.05) is 19.6 Å². The van der Waals surface area contributed by atoms with E-state index in [2.05, 4.69) is 15.3 Å². The lowest BCUT2D eigenvalue weighted by Crippen LogP contribution is -2.35. The Kier molecular flexibility index (Phi) is 4.22. The highest BCUT2D eigenvalue weighted by Crippen LogP contribution is 2.08. The zero-order chi connectivity index (χ0) is 13.7. The minimum atomic E-state index is -0.105. The van der Waals surface area contributed by atoms with Crippen LogP contribution in [0.4, 0.5) is 0 Å². The van der Waals surface area contributed by atoms with Crippen LogP contribution in [0.1, 0.15) is 13.3 Å². The number of rotatable bonds is 5. The number of fused-ring (bicyclic) bond motifs is 1. The number of hydrogen-bond donors (Lipinski definition) is 3. The van der Waals surface area contributed by atoms with Crippen molar-refractivity contribution >= 4 is 17.0 Å². The number of nitrogens with zero attached hydrogens (tertiary/aromatic N) is 2. The molecule has 0 aliphatic rings. The zero-order valence-corrected chi connectivity index (χ0v) is 11.0. The van der Waals surface area contributed by atoms with E-state index in [1.54, 1.807) is 4.57 Å². The number of hydrogen-bond acceptors (Lipinski definition) is 2. The number of imidazole rings is 1. The lowest BCUT2D eigenvalue weighted by atomic mass is 10.3. The summed E-state index contributed by atoms with van der Waals surface area (Å²) < 4.78 is 1.69. The maximum Gasteiger partial charge on any atom is 0.326 e. The summed E-state index contributed by atoms with van der Waals surface area (Å²) in [5.74, 6) is 0.426. The highest BCUT2D eigenvalue weighted by Gasteiger charge is 2.04. The van der Waals surface area contributed by atoms with Crippen molar-refractivity contribution in [3.8, 4) is 0 Å². The van der Waals surface area contributed by atoms with Gasteiger partial charge in [0.25, 0.3) is 0 Å². The lowest BCUT2D eigenvalue weighted by molar-refractivity contribution is 0.666. The molecule has 0 bridgehead atoms. The fraction of sp³-hybridized carbons (Fsp3) is 0.385. The molecule has 0 saturated heterocycles. The van der Waals surface area contributed by atoms with Crippen LogP contribution in [0.3, 0.4) is 0 Å². The van der Waals surface area contributed by atoms with Crippen molar-refractivity contribution in [2.45, 2.75) is 19.9 Å². The molecule has 1 aromatic carbocycles. The van der Waals surface area contributed by atoms with Crippen molar-refractivity contribution in [3.05, 3.63) is 34.7 Å². The largest absolute Gasteiger partial charge is 0.370 e. The fourth-order valence-electron chi connectivity index (χ4n) is 1.91. The van der Waals surface area contributed by atoms with E-state index in [1.165, 1.54) is 0 Å². The van der Waals surface area contributed by atoms with Gasteiger partial charge in [0.05, 0.1) is 11.0 Å².